The number of hydrogen-bond acceptors (Lipinski definition) is 4. The maximum absolute atomic E-state index is 12.5. The maximum atomic E-state index is 12.5. The Kier molecular flexibility index (Phi) is 5.96. The predicted octanol–water partition coefficient (Wildman–Crippen LogP) is 3.32. The summed E-state index contributed by atoms with van der Waals surface area (Å²) in [6.45, 7) is 2.13. The Labute approximate surface area is 159 Å². The molecule has 6 heteroatoms. The summed E-state index contributed by atoms with van der Waals surface area (Å²) in [6.07, 6.45) is 3.03. The van der Waals surface area contributed by atoms with E-state index in [4.69, 9.17) is 4.65 Å². The molecular weight excluding hydrogens is 343 g/mol. The van der Waals surface area contributed by atoms with Gasteiger partial charge in [-0.1, -0.05) is 49.7 Å². The maximum Gasteiger partial charge on any atom is 0.526 e. The van der Waals surface area contributed by atoms with Crippen LogP contribution in [0, 0.1) is 0 Å². The highest BCUT2D eigenvalue weighted by Gasteiger charge is 2.37. The van der Waals surface area contributed by atoms with Gasteiger partial charge in [-0.05, 0) is 35.6 Å². The molecule has 3 rings (SSSR count). The van der Waals surface area contributed by atoms with Crippen molar-refractivity contribution in [3.63, 3.8) is 0 Å². The number of ketones is 1. The lowest BCUT2D eigenvalue weighted by atomic mass is 9.64. The Hall–Kier alpha value is -2.60. The third-order valence-corrected chi connectivity index (χ3v) is 4.90. The van der Waals surface area contributed by atoms with Crippen molar-refractivity contribution >= 4 is 18.9 Å². The number of carbonyl (C=O) groups excluding carboxylic acids is 1. The molecule has 0 saturated carbocycles. The first kappa shape index (κ1) is 19.2. The van der Waals surface area contributed by atoms with Crippen LogP contribution in [0.2, 0.25) is 5.82 Å². The van der Waals surface area contributed by atoms with Crippen LogP contribution in [-0.4, -0.2) is 29.0 Å². The van der Waals surface area contributed by atoms with Gasteiger partial charge in [0, 0.05) is 18.7 Å². The highest BCUT2D eigenvalue weighted by atomic mass is 16.5. The summed E-state index contributed by atoms with van der Waals surface area (Å²) < 4.78 is 5.45. The number of aromatic carboxylic acids is 1. The van der Waals surface area contributed by atoms with Gasteiger partial charge < -0.3 is 14.8 Å². The van der Waals surface area contributed by atoms with Gasteiger partial charge in [-0.15, -0.1) is 0 Å². The molecule has 0 unspecified atom stereocenters. The third kappa shape index (κ3) is 4.58. The van der Waals surface area contributed by atoms with Crippen LogP contribution in [0.4, 0.5) is 0 Å². The van der Waals surface area contributed by atoms with Crippen molar-refractivity contribution in [2.75, 3.05) is 0 Å². The van der Waals surface area contributed by atoms with E-state index in [-0.39, 0.29) is 29.3 Å². The van der Waals surface area contributed by atoms with E-state index >= 15 is 0 Å². The van der Waals surface area contributed by atoms with Crippen molar-refractivity contribution in [1.29, 1.82) is 0 Å². The molecule has 0 aliphatic carbocycles. The fourth-order valence-corrected chi connectivity index (χ4v) is 3.53. The lowest BCUT2D eigenvalue weighted by Crippen LogP contribution is -2.36. The molecule has 0 saturated heterocycles. The average molecular weight is 366 g/mol. The quantitative estimate of drug-likeness (QED) is 0.735. The Morgan fingerprint density at radius 3 is 2.52 bits per heavy atom. The zero-order valence-corrected chi connectivity index (χ0v) is 15.4. The number of carboxylic acids is 1. The molecule has 1 heterocycles. The van der Waals surface area contributed by atoms with Crippen LogP contribution in [-0.2, 0) is 24.1 Å². The highest BCUT2D eigenvalue weighted by Crippen LogP contribution is 2.36. The summed E-state index contributed by atoms with van der Waals surface area (Å²) in [7, 11) is -1.19. The van der Waals surface area contributed by atoms with Gasteiger partial charge in [-0.2, -0.15) is 0 Å². The van der Waals surface area contributed by atoms with Crippen LogP contribution in [0.25, 0.3) is 0 Å². The first-order chi connectivity index (χ1) is 13.0. The molecule has 2 aromatic carbocycles. The van der Waals surface area contributed by atoms with Gasteiger partial charge in [-0.3, -0.25) is 4.79 Å². The number of carboxylic acid groups (broad SMARTS) is 1. The van der Waals surface area contributed by atoms with Crippen LogP contribution < -0.4 is 4.65 Å². The minimum Gasteiger partial charge on any atom is -0.535 e. The molecular formula is C21H23BO5. The standard InChI is InChI=1S/C21H23BO5/c1-2-4-14-7-9-15(10-8-14)11-18(23)13-17-12-16-5-3-6-19(21(24)25)20(16)27-22(17)26/h3,5-10,17,26H,2,4,11-13H2,1H3,(H,24,25)/t17-/m1/s1. The summed E-state index contributed by atoms with van der Waals surface area (Å²) in [6, 6.07) is 12.9. The Morgan fingerprint density at radius 1 is 1.15 bits per heavy atom. The summed E-state index contributed by atoms with van der Waals surface area (Å²) >= 11 is 0. The first-order valence-electron chi connectivity index (χ1n) is 9.27. The topological polar surface area (TPSA) is 83.8 Å². The molecule has 0 radical (unpaired) electrons. The second-order valence-corrected chi connectivity index (χ2v) is 7.06. The number of para-hydroxylation sites is 1. The van der Waals surface area contributed by atoms with Crippen molar-refractivity contribution in [1.82, 2.24) is 0 Å². The largest absolute Gasteiger partial charge is 0.535 e. The smallest absolute Gasteiger partial charge is 0.526 e. The second-order valence-electron chi connectivity index (χ2n) is 7.06. The lowest BCUT2D eigenvalue weighted by molar-refractivity contribution is -0.118. The molecule has 0 amide bonds. The molecule has 0 spiro atoms. The molecule has 2 N–H and O–H groups in total. The van der Waals surface area contributed by atoms with Gasteiger partial charge >= 0.3 is 13.1 Å². The fourth-order valence-electron chi connectivity index (χ4n) is 3.53. The molecule has 1 atom stereocenters. The zero-order chi connectivity index (χ0) is 19.4. The number of aryl methyl sites for hydroxylation is 1. The minimum atomic E-state index is -1.19. The van der Waals surface area contributed by atoms with Crippen molar-refractivity contribution in [2.24, 2.45) is 0 Å². The zero-order valence-electron chi connectivity index (χ0n) is 15.4. The Morgan fingerprint density at radius 2 is 1.85 bits per heavy atom. The van der Waals surface area contributed by atoms with Crippen molar-refractivity contribution in [3.8, 4) is 5.75 Å². The van der Waals surface area contributed by atoms with E-state index in [1.54, 1.807) is 12.1 Å². The summed E-state index contributed by atoms with van der Waals surface area (Å²) in [5.41, 5.74) is 2.96. The molecule has 1 aliphatic rings. The van der Waals surface area contributed by atoms with Crippen LogP contribution in [0.1, 0.15) is 46.8 Å². The van der Waals surface area contributed by atoms with E-state index in [1.807, 2.05) is 24.3 Å². The van der Waals surface area contributed by atoms with Gasteiger partial charge in [0.15, 0.2) is 0 Å². The minimum absolute atomic E-state index is 0.0310. The average Bonchev–Trinajstić information content (AvgIpc) is 2.63. The van der Waals surface area contributed by atoms with E-state index in [1.165, 1.54) is 11.6 Å². The molecule has 0 aromatic heterocycles. The van der Waals surface area contributed by atoms with Crippen molar-refractivity contribution in [2.45, 2.75) is 44.8 Å². The summed E-state index contributed by atoms with van der Waals surface area (Å²) in [5.74, 6) is -1.25. The monoisotopic (exact) mass is 366 g/mol. The number of rotatable bonds is 7. The Balaban J connectivity index is 1.64. The molecule has 2 aromatic rings. The SMILES string of the molecule is CCCc1ccc(CC(=O)C[C@H]2Cc3cccc(C(=O)O)c3OB2O)cc1. The van der Waals surface area contributed by atoms with Crippen LogP contribution in [0.3, 0.4) is 0 Å². The first-order valence-corrected chi connectivity index (χ1v) is 9.27. The van der Waals surface area contributed by atoms with E-state index in [9.17, 15) is 19.7 Å². The molecule has 0 fully saturated rings. The predicted molar refractivity (Wildman–Crippen MR) is 103 cm³/mol. The van der Waals surface area contributed by atoms with E-state index in [2.05, 4.69) is 6.92 Å². The molecule has 5 nitrogen and oxygen atoms in total. The lowest BCUT2D eigenvalue weighted by Gasteiger charge is -2.28. The van der Waals surface area contributed by atoms with Crippen LogP contribution in [0.5, 0.6) is 5.75 Å². The summed E-state index contributed by atoms with van der Waals surface area (Å²) in [5, 5.41) is 19.5. The van der Waals surface area contributed by atoms with Crippen molar-refractivity contribution in [3.05, 3.63) is 64.7 Å². The molecule has 140 valence electrons. The van der Waals surface area contributed by atoms with Gasteiger partial charge in [0.05, 0.1) is 5.56 Å². The number of Topliss-reactive ketones (excluding diaryl/α,β-unsaturated/α-hetero) is 1. The van der Waals surface area contributed by atoms with Gasteiger partial charge in [0.1, 0.15) is 11.5 Å². The number of benzene rings is 2. The number of hydrogen-bond donors (Lipinski definition) is 2. The third-order valence-electron chi connectivity index (χ3n) is 4.90. The van der Waals surface area contributed by atoms with Gasteiger partial charge in [0.2, 0.25) is 0 Å². The Bertz CT molecular complexity index is 831. The highest BCUT2D eigenvalue weighted by molar-refractivity contribution is 6.47. The van der Waals surface area contributed by atoms with E-state index in [0.29, 0.717) is 18.4 Å². The number of fused-ring (bicyclic) bond motifs is 1. The molecule has 1 aliphatic heterocycles. The van der Waals surface area contributed by atoms with E-state index in [0.717, 1.165) is 18.4 Å². The fraction of sp³-hybridized carbons (Fsp3) is 0.333. The van der Waals surface area contributed by atoms with Gasteiger partial charge in [0.25, 0.3) is 0 Å². The number of carbonyl (C=O) groups is 2. The molecule has 27 heavy (non-hydrogen) atoms. The second kappa shape index (κ2) is 8.40. The molecule has 0 bridgehead atoms. The van der Waals surface area contributed by atoms with Crippen molar-refractivity contribution < 1.29 is 24.4 Å². The van der Waals surface area contributed by atoms with E-state index < -0.39 is 13.1 Å². The van der Waals surface area contributed by atoms with Gasteiger partial charge in [-0.25, -0.2) is 4.79 Å². The normalized spacial score (nSPS) is 15.8. The van der Waals surface area contributed by atoms with Crippen LogP contribution >= 0.6 is 0 Å². The summed E-state index contributed by atoms with van der Waals surface area (Å²) in [4.78, 5) is 23.8. The van der Waals surface area contributed by atoms with Crippen LogP contribution in [0.15, 0.2) is 42.5 Å².